The Hall–Kier alpha value is -3.22. The number of cyclic esters (lactones) is 1. The van der Waals surface area contributed by atoms with E-state index >= 15 is 0 Å². The number of aliphatic imine (C=N–C) groups is 1. The molecule has 2 aromatic rings. The highest BCUT2D eigenvalue weighted by molar-refractivity contribution is 6.12. The van der Waals surface area contributed by atoms with Gasteiger partial charge in [-0.1, -0.05) is 26.0 Å². The Balaban J connectivity index is 1.68. The highest BCUT2D eigenvalue weighted by atomic mass is 19.3. The van der Waals surface area contributed by atoms with Crippen LogP contribution in [-0.4, -0.2) is 25.1 Å². The van der Waals surface area contributed by atoms with E-state index in [0.29, 0.717) is 23.7 Å². The molecule has 0 saturated heterocycles. The van der Waals surface area contributed by atoms with Crippen molar-refractivity contribution >= 4 is 17.9 Å². The molecule has 1 aliphatic heterocycles. The van der Waals surface area contributed by atoms with Gasteiger partial charge in [0.1, 0.15) is 11.5 Å². The summed E-state index contributed by atoms with van der Waals surface area (Å²) in [5.74, 6) is 0.967. The summed E-state index contributed by atoms with van der Waals surface area (Å²) >= 11 is 0. The topological polar surface area (TPSA) is 57.1 Å². The summed E-state index contributed by atoms with van der Waals surface area (Å²) in [6.45, 7) is 2.02. The molecule has 2 aromatic carbocycles. The molecular weight excluding hydrogens is 380 g/mol. The van der Waals surface area contributed by atoms with Gasteiger partial charge in [0.2, 0.25) is 5.90 Å². The van der Waals surface area contributed by atoms with Gasteiger partial charge in [-0.05, 0) is 60.4 Å². The number of benzene rings is 2. The van der Waals surface area contributed by atoms with Crippen molar-refractivity contribution in [3.05, 3.63) is 65.4 Å². The Morgan fingerprint density at radius 3 is 2.31 bits per heavy atom. The van der Waals surface area contributed by atoms with Crippen LogP contribution in [0, 0.1) is 5.92 Å². The highest BCUT2D eigenvalue weighted by Crippen LogP contribution is 2.22. The molecular formula is C22H21F2NO4. The molecule has 5 nitrogen and oxygen atoms in total. The minimum atomic E-state index is -2.89. The number of alkyl halides is 2. The predicted octanol–water partition coefficient (Wildman–Crippen LogP) is 5.06. The summed E-state index contributed by atoms with van der Waals surface area (Å²) in [5.41, 5.74) is 1.39. The maximum absolute atomic E-state index is 12.2. The Bertz CT molecular complexity index is 903. The second kappa shape index (κ2) is 9.32. The van der Waals surface area contributed by atoms with Crippen molar-refractivity contribution in [3.8, 4) is 11.5 Å². The quantitative estimate of drug-likeness (QED) is 0.458. The second-order valence-corrected chi connectivity index (χ2v) is 6.84. The minimum Gasteiger partial charge on any atom is -0.494 e. The molecule has 0 unspecified atom stereocenters. The fourth-order valence-corrected chi connectivity index (χ4v) is 2.54. The number of rotatable bonds is 8. The van der Waals surface area contributed by atoms with Crippen LogP contribution in [0.2, 0.25) is 0 Å². The normalized spacial score (nSPS) is 15.0. The van der Waals surface area contributed by atoms with Gasteiger partial charge in [-0.25, -0.2) is 9.79 Å². The molecule has 0 amide bonds. The van der Waals surface area contributed by atoms with Gasteiger partial charge >= 0.3 is 12.6 Å². The number of hydrogen-bond donors (Lipinski definition) is 0. The lowest BCUT2D eigenvalue weighted by Gasteiger charge is -2.08. The van der Waals surface area contributed by atoms with E-state index in [-0.39, 0.29) is 17.3 Å². The van der Waals surface area contributed by atoms with Crippen LogP contribution in [0.25, 0.3) is 6.08 Å². The van der Waals surface area contributed by atoms with Crippen LogP contribution in [0.3, 0.4) is 0 Å². The van der Waals surface area contributed by atoms with Gasteiger partial charge in [-0.2, -0.15) is 8.78 Å². The van der Waals surface area contributed by atoms with E-state index in [2.05, 4.69) is 23.6 Å². The average molecular weight is 401 g/mol. The number of halogens is 2. The van der Waals surface area contributed by atoms with E-state index in [1.807, 2.05) is 0 Å². The standard InChI is InChI=1S/C22H21F2NO4/c1-14(2)11-12-27-17-9-5-16(6-10-17)20-25-19(21(26)29-20)13-15-3-7-18(8-4-15)28-22(23)24/h3-10,13-14,22H,11-12H2,1-2H3/b19-13+. The number of ether oxygens (including phenoxy) is 3. The molecule has 0 radical (unpaired) electrons. The lowest BCUT2D eigenvalue weighted by atomic mass is 10.1. The van der Waals surface area contributed by atoms with Gasteiger partial charge in [-0.3, -0.25) is 0 Å². The zero-order valence-electron chi connectivity index (χ0n) is 16.1. The third-order valence-corrected chi connectivity index (χ3v) is 4.09. The zero-order valence-corrected chi connectivity index (χ0v) is 16.1. The highest BCUT2D eigenvalue weighted by Gasteiger charge is 2.24. The van der Waals surface area contributed by atoms with E-state index in [1.54, 1.807) is 36.4 Å². The molecule has 3 rings (SSSR count). The first-order chi connectivity index (χ1) is 13.9. The fraction of sp³-hybridized carbons (Fsp3) is 0.273. The third-order valence-electron chi connectivity index (χ3n) is 4.09. The molecule has 1 aliphatic rings. The first-order valence-electron chi connectivity index (χ1n) is 9.21. The smallest absolute Gasteiger partial charge is 0.387 e. The van der Waals surface area contributed by atoms with Crippen LogP contribution in [0.15, 0.2) is 59.2 Å². The number of esters is 1. The van der Waals surface area contributed by atoms with Gasteiger partial charge < -0.3 is 14.2 Å². The summed E-state index contributed by atoms with van der Waals surface area (Å²) in [6, 6.07) is 13.0. The second-order valence-electron chi connectivity index (χ2n) is 6.84. The molecule has 1 heterocycles. The zero-order chi connectivity index (χ0) is 20.8. The third kappa shape index (κ3) is 5.88. The van der Waals surface area contributed by atoms with E-state index < -0.39 is 12.6 Å². The summed E-state index contributed by atoms with van der Waals surface area (Å²) in [7, 11) is 0. The Morgan fingerprint density at radius 1 is 1.03 bits per heavy atom. The van der Waals surface area contributed by atoms with Crippen LogP contribution in [0.4, 0.5) is 8.78 Å². The molecule has 0 spiro atoms. The molecule has 0 bridgehead atoms. The lowest BCUT2D eigenvalue weighted by molar-refractivity contribution is -0.129. The summed E-state index contributed by atoms with van der Waals surface area (Å²) < 4.78 is 39.6. The first-order valence-corrected chi connectivity index (χ1v) is 9.21. The van der Waals surface area contributed by atoms with Crippen molar-refractivity contribution in [2.24, 2.45) is 10.9 Å². The molecule has 0 aliphatic carbocycles. The predicted molar refractivity (Wildman–Crippen MR) is 105 cm³/mol. The lowest BCUT2D eigenvalue weighted by Crippen LogP contribution is -2.06. The largest absolute Gasteiger partial charge is 0.494 e. The van der Waals surface area contributed by atoms with Crippen LogP contribution >= 0.6 is 0 Å². The monoisotopic (exact) mass is 401 g/mol. The summed E-state index contributed by atoms with van der Waals surface area (Å²) in [6.07, 6.45) is 2.49. The molecule has 0 N–H and O–H groups in total. The van der Waals surface area contributed by atoms with Crippen molar-refractivity contribution in [2.75, 3.05) is 6.61 Å². The molecule has 7 heteroatoms. The Labute approximate surface area is 167 Å². The molecule has 0 fully saturated rings. The maximum atomic E-state index is 12.2. The van der Waals surface area contributed by atoms with Crippen molar-refractivity contribution in [1.82, 2.24) is 0 Å². The van der Waals surface area contributed by atoms with E-state index in [9.17, 15) is 13.6 Å². The fourth-order valence-electron chi connectivity index (χ4n) is 2.54. The Kier molecular flexibility index (Phi) is 6.59. The summed E-state index contributed by atoms with van der Waals surface area (Å²) in [5, 5.41) is 0. The maximum Gasteiger partial charge on any atom is 0.387 e. The van der Waals surface area contributed by atoms with E-state index in [4.69, 9.17) is 9.47 Å². The molecule has 29 heavy (non-hydrogen) atoms. The number of nitrogens with zero attached hydrogens (tertiary/aromatic N) is 1. The van der Waals surface area contributed by atoms with Crippen LogP contribution in [-0.2, 0) is 9.53 Å². The Morgan fingerprint density at radius 2 is 1.69 bits per heavy atom. The first kappa shape index (κ1) is 20.5. The van der Waals surface area contributed by atoms with Gasteiger partial charge in [0, 0.05) is 5.56 Å². The number of carbonyl (C=O) groups is 1. The van der Waals surface area contributed by atoms with Gasteiger partial charge in [-0.15, -0.1) is 0 Å². The van der Waals surface area contributed by atoms with Crippen molar-refractivity contribution in [1.29, 1.82) is 0 Å². The van der Waals surface area contributed by atoms with Crippen LogP contribution in [0.5, 0.6) is 11.5 Å². The van der Waals surface area contributed by atoms with Gasteiger partial charge in [0.15, 0.2) is 5.70 Å². The van der Waals surface area contributed by atoms with E-state index in [1.165, 1.54) is 18.2 Å². The number of hydrogen-bond acceptors (Lipinski definition) is 5. The van der Waals surface area contributed by atoms with Crippen molar-refractivity contribution in [2.45, 2.75) is 26.9 Å². The summed E-state index contributed by atoms with van der Waals surface area (Å²) in [4.78, 5) is 16.3. The van der Waals surface area contributed by atoms with Gasteiger partial charge in [0.25, 0.3) is 0 Å². The van der Waals surface area contributed by atoms with Crippen molar-refractivity contribution < 1.29 is 27.8 Å². The van der Waals surface area contributed by atoms with Crippen LogP contribution < -0.4 is 9.47 Å². The van der Waals surface area contributed by atoms with Gasteiger partial charge in [0.05, 0.1) is 6.61 Å². The SMILES string of the molecule is CC(C)CCOc1ccc(C2=N/C(=C/c3ccc(OC(F)F)cc3)C(=O)O2)cc1. The average Bonchev–Trinajstić information content (AvgIpc) is 3.04. The number of carbonyl (C=O) groups excluding carboxylic acids is 1. The molecule has 0 aromatic heterocycles. The van der Waals surface area contributed by atoms with E-state index in [0.717, 1.165) is 12.2 Å². The molecule has 0 atom stereocenters. The van der Waals surface area contributed by atoms with Crippen LogP contribution in [0.1, 0.15) is 31.4 Å². The van der Waals surface area contributed by atoms with Crippen molar-refractivity contribution in [3.63, 3.8) is 0 Å². The molecule has 152 valence electrons. The minimum absolute atomic E-state index is 0.0380. The molecule has 0 saturated carbocycles.